The van der Waals surface area contributed by atoms with E-state index in [0.29, 0.717) is 0 Å². The van der Waals surface area contributed by atoms with Crippen molar-refractivity contribution in [3.8, 4) is 0 Å². The van der Waals surface area contributed by atoms with Gasteiger partial charge in [-0.25, -0.2) is 9.59 Å². The van der Waals surface area contributed by atoms with E-state index in [1.807, 2.05) is 23.6 Å². The zero-order chi connectivity index (χ0) is 26.1. The maximum Gasteiger partial charge on any atom is 0.490 e. The summed E-state index contributed by atoms with van der Waals surface area (Å²) in [6.45, 7) is 4.06. The molecule has 0 bridgehead atoms. The zero-order valence-electron chi connectivity index (χ0n) is 17.7. The topological polar surface area (TPSA) is 111 Å². The quantitative estimate of drug-likeness (QED) is 0.529. The van der Waals surface area contributed by atoms with Crippen molar-refractivity contribution in [2.45, 2.75) is 50.8 Å². The SMILES string of the molecule is Cc1ccc(CN2CC[C@H](O)[C@@H]2Cc2cccnc2)s1.O=C(O)C(F)(F)F.O=C(O)C(F)(F)F. The highest BCUT2D eigenvalue weighted by molar-refractivity contribution is 7.11. The van der Waals surface area contributed by atoms with E-state index >= 15 is 0 Å². The van der Waals surface area contributed by atoms with Gasteiger partial charge in [-0.1, -0.05) is 6.07 Å². The number of carboxylic acids is 2. The summed E-state index contributed by atoms with van der Waals surface area (Å²) >= 11 is 1.85. The molecule has 3 rings (SSSR count). The fourth-order valence-corrected chi connectivity index (χ4v) is 3.81. The second-order valence-corrected chi connectivity index (χ2v) is 8.45. The predicted molar refractivity (Wildman–Crippen MR) is 109 cm³/mol. The van der Waals surface area contributed by atoms with Gasteiger partial charge >= 0.3 is 24.3 Å². The van der Waals surface area contributed by atoms with Gasteiger partial charge < -0.3 is 15.3 Å². The number of alkyl halides is 6. The van der Waals surface area contributed by atoms with E-state index in [9.17, 15) is 31.4 Å². The van der Waals surface area contributed by atoms with Crippen LogP contribution in [0.1, 0.15) is 21.7 Å². The number of carbonyl (C=O) groups is 2. The zero-order valence-corrected chi connectivity index (χ0v) is 18.5. The average molecular weight is 516 g/mol. The second-order valence-electron chi connectivity index (χ2n) is 7.08. The molecule has 1 fully saturated rings. The molecule has 0 unspecified atom stereocenters. The van der Waals surface area contributed by atoms with Gasteiger partial charge in [0.15, 0.2) is 0 Å². The summed E-state index contributed by atoms with van der Waals surface area (Å²) < 4.78 is 63.5. The van der Waals surface area contributed by atoms with Gasteiger partial charge in [0.1, 0.15) is 0 Å². The normalized spacial score (nSPS) is 18.4. The van der Waals surface area contributed by atoms with Crippen LogP contribution in [0.4, 0.5) is 26.3 Å². The van der Waals surface area contributed by atoms with Gasteiger partial charge in [-0.3, -0.25) is 9.88 Å². The molecule has 0 amide bonds. The predicted octanol–water partition coefficient (Wildman–Crippen LogP) is 3.90. The number of halogens is 6. The van der Waals surface area contributed by atoms with Gasteiger partial charge in [-0.05, 0) is 43.5 Å². The molecule has 3 N–H and O–H groups in total. The monoisotopic (exact) mass is 516 g/mol. The lowest BCUT2D eigenvalue weighted by atomic mass is 10.0. The average Bonchev–Trinajstić information content (AvgIpc) is 3.28. The highest BCUT2D eigenvalue weighted by Gasteiger charge is 2.39. The van der Waals surface area contributed by atoms with Crippen LogP contribution in [0.15, 0.2) is 36.7 Å². The number of aryl methyl sites for hydroxylation is 1. The number of hydrogen-bond donors (Lipinski definition) is 3. The van der Waals surface area contributed by atoms with Crippen LogP contribution in [0.3, 0.4) is 0 Å². The summed E-state index contributed by atoms with van der Waals surface area (Å²) in [5.74, 6) is -5.51. The lowest BCUT2D eigenvalue weighted by molar-refractivity contribution is -0.193. The van der Waals surface area contributed by atoms with E-state index in [2.05, 4.69) is 35.0 Å². The molecule has 0 radical (unpaired) electrons. The standard InChI is InChI=1S/C16H20N2OS.2C2HF3O2/c1-12-4-5-14(20-12)11-18-8-6-16(19)15(18)9-13-3-2-7-17-10-13;2*3-2(4,5)1(6)7/h2-5,7,10,15-16,19H,6,8-9,11H2,1H3;2*(H,6,7)/t15-,16-;;/m0../s1. The molecule has 0 spiro atoms. The van der Waals surface area contributed by atoms with Crippen molar-refractivity contribution in [2.75, 3.05) is 6.54 Å². The van der Waals surface area contributed by atoms with Crippen LogP contribution in [-0.2, 0) is 22.6 Å². The Morgan fingerprint density at radius 1 is 1.09 bits per heavy atom. The first-order valence-electron chi connectivity index (χ1n) is 9.57. The fraction of sp³-hybridized carbons (Fsp3) is 0.450. The molecular weight excluding hydrogens is 494 g/mol. The lowest BCUT2D eigenvalue weighted by Gasteiger charge is -2.25. The molecule has 14 heteroatoms. The van der Waals surface area contributed by atoms with Gasteiger partial charge in [-0.2, -0.15) is 26.3 Å². The van der Waals surface area contributed by atoms with Gasteiger partial charge in [0.25, 0.3) is 0 Å². The number of aliphatic carboxylic acids is 2. The van der Waals surface area contributed by atoms with Crippen molar-refractivity contribution < 1.29 is 51.3 Å². The first-order valence-corrected chi connectivity index (χ1v) is 10.4. The Bertz CT molecular complexity index is 896. The molecule has 1 aliphatic rings. The fourth-order valence-electron chi connectivity index (χ4n) is 2.89. The van der Waals surface area contributed by atoms with Gasteiger partial charge in [0, 0.05) is 41.3 Å². The summed E-state index contributed by atoms with van der Waals surface area (Å²) in [6.07, 6.45) is -4.95. The minimum Gasteiger partial charge on any atom is -0.475 e. The summed E-state index contributed by atoms with van der Waals surface area (Å²) in [5, 5.41) is 24.5. The third-order valence-electron chi connectivity index (χ3n) is 4.43. The molecule has 34 heavy (non-hydrogen) atoms. The van der Waals surface area contributed by atoms with Crippen LogP contribution in [0.25, 0.3) is 0 Å². The third kappa shape index (κ3) is 10.5. The van der Waals surface area contributed by atoms with Crippen LogP contribution in [0.2, 0.25) is 0 Å². The number of aliphatic hydroxyl groups is 1. The maximum absolute atomic E-state index is 10.6. The molecule has 0 aliphatic carbocycles. The van der Waals surface area contributed by atoms with Gasteiger partial charge in [-0.15, -0.1) is 11.3 Å². The Labute approximate surface area is 194 Å². The molecule has 0 saturated carbocycles. The van der Waals surface area contributed by atoms with E-state index < -0.39 is 24.3 Å². The molecule has 7 nitrogen and oxygen atoms in total. The first kappa shape index (κ1) is 29.3. The number of likely N-dealkylation sites (tertiary alicyclic amines) is 1. The largest absolute Gasteiger partial charge is 0.490 e. The van der Waals surface area contributed by atoms with Crippen LogP contribution in [0, 0.1) is 6.92 Å². The van der Waals surface area contributed by atoms with Gasteiger partial charge in [0.05, 0.1) is 6.10 Å². The van der Waals surface area contributed by atoms with Crippen LogP contribution in [0.5, 0.6) is 0 Å². The molecule has 3 heterocycles. The van der Waals surface area contributed by atoms with Crippen molar-refractivity contribution in [1.82, 2.24) is 9.88 Å². The second kappa shape index (κ2) is 12.7. The summed E-state index contributed by atoms with van der Waals surface area (Å²) in [5.41, 5.74) is 1.20. The maximum atomic E-state index is 10.6. The first-order chi connectivity index (χ1) is 15.6. The number of hydrogen-bond acceptors (Lipinski definition) is 6. The number of carboxylic acid groups (broad SMARTS) is 2. The number of nitrogens with zero attached hydrogens (tertiary/aromatic N) is 2. The molecule has 1 aliphatic heterocycles. The number of aliphatic hydroxyl groups excluding tert-OH is 1. The number of pyridine rings is 1. The highest BCUT2D eigenvalue weighted by atomic mass is 32.1. The molecular formula is C20H22F6N2O5S. The van der Waals surface area contributed by atoms with Crippen LogP contribution in [-0.4, -0.2) is 68.2 Å². The molecule has 190 valence electrons. The molecule has 2 aromatic rings. The Balaban J connectivity index is 0.000000343. The van der Waals surface area contributed by atoms with E-state index in [1.54, 1.807) is 6.20 Å². The van der Waals surface area contributed by atoms with E-state index in [4.69, 9.17) is 19.8 Å². The van der Waals surface area contributed by atoms with Crippen molar-refractivity contribution in [2.24, 2.45) is 0 Å². The van der Waals surface area contributed by atoms with E-state index in [0.717, 1.165) is 25.9 Å². The molecule has 2 atom stereocenters. The summed E-state index contributed by atoms with van der Waals surface area (Å²) in [7, 11) is 0. The Morgan fingerprint density at radius 3 is 2.06 bits per heavy atom. The molecule has 1 saturated heterocycles. The highest BCUT2D eigenvalue weighted by Crippen LogP contribution is 2.26. The van der Waals surface area contributed by atoms with Crippen molar-refractivity contribution in [3.63, 3.8) is 0 Å². The minimum absolute atomic E-state index is 0.210. The summed E-state index contributed by atoms with van der Waals surface area (Å²) in [6, 6.07) is 8.63. The Hall–Kier alpha value is -2.71. The Morgan fingerprint density at radius 2 is 1.65 bits per heavy atom. The number of rotatable bonds is 4. The number of aromatic nitrogens is 1. The van der Waals surface area contributed by atoms with Crippen molar-refractivity contribution >= 4 is 23.3 Å². The van der Waals surface area contributed by atoms with E-state index in [1.165, 1.54) is 15.3 Å². The molecule has 2 aromatic heterocycles. The number of thiophene rings is 1. The Kier molecular flexibility index (Phi) is 10.9. The van der Waals surface area contributed by atoms with Crippen LogP contribution >= 0.6 is 11.3 Å². The molecule has 0 aromatic carbocycles. The van der Waals surface area contributed by atoms with Gasteiger partial charge in [0.2, 0.25) is 0 Å². The summed E-state index contributed by atoms with van der Waals surface area (Å²) in [4.78, 5) is 27.1. The van der Waals surface area contributed by atoms with E-state index in [-0.39, 0.29) is 12.1 Å². The minimum atomic E-state index is -5.08. The van der Waals surface area contributed by atoms with Crippen molar-refractivity contribution in [3.05, 3.63) is 52.0 Å². The third-order valence-corrected chi connectivity index (χ3v) is 5.42. The van der Waals surface area contributed by atoms with Crippen LogP contribution < -0.4 is 0 Å². The van der Waals surface area contributed by atoms with Crippen molar-refractivity contribution in [1.29, 1.82) is 0 Å². The lowest BCUT2D eigenvalue weighted by Crippen LogP contribution is -2.36. The smallest absolute Gasteiger partial charge is 0.475 e.